The minimum Gasteiger partial charge on any atom is -0.412 e. The number of aliphatic hydroxyl groups is 1. The fourth-order valence-corrected chi connectivity index (χ4v) is 0.756. The molecule has 3 heteroatoms. The van der Waals surface area contributed by atoms with Crippen LogP contribution in [0.2, 0.25) is 0 Å². The second-order valence-electron chi connectivity index (χ2n) is 2.22. The number of aliphatic hydroxyl groups excluding tert-OH is 1. The molecule has 0 heterocycles. The van der Waals surface area contributed by atoms with Gasteiger partial charge < -0.3 is 10.6 Å². The minimum absolute atomic E-state index is 0. The van der Waals surface area contributed by atoms with E-state index in [1.54, 1.807) is 0 Å². The second-order valence-corrected chi connectivity index (χ2v) is 2.22. The third-order valence-electron chi connectivity index (χ3n) is 1.32. The number of nitrogens with one attached hydrogen (secondary N) is 1. The molecule has 0 unspecified atom stereocenters. The molecule has 0 aliphatic heterocycles. The molecule has 0 atom stereocenters. The van der Waals surface area contributed by atoms with E-state index in [2.05, 4.69) is 12.2 Å². The lowest BCUT2D eigenvalue weighted by atomic mass is 10.2. The minimum atomic E-state index is 0. The van der Waals surface area contributed by atoms with Crippen LogP contribution in [0.5, 0.6) is 0 Å². The predicted molar refractivity (Wildman–Crippen MR) is 42.8 cm³/mol. The van der Waals surface area contributed by atoms with E-state index in [1.165, 1.54) is 25.7 Å². The molecule has 3 nitrogen and oxygen atoms in total. The zero-order chi connectivity index (χ0) is 6.95. The lowest BCUT2D eigenvalue weighted by Crippen LogP contribution is -2.15. The monoisotopic (exact) mass is 149 g/mol. The van der Waals surface area contributed by atoms with Crippen LogP contribution in [0.15, 0.2) is 0 Å². The Labute approximate surface area is 62.8 Å². The first kappa shape index (κ1) is 12.5. The quantitative estimate of drug-likeness (QED) is 0.421. The zero-order valence-electron chi connectivity index (χ0n) is 6.69. The molecular weight excluding hydrogens is 130 g/mol. The summed E-state index contributed by atoms with van der Waals surface area (Å²) in [6, 6.07) is 0. The molecule has 0 radical (unpaired) electrons. The molecule has 0 aromatic rings. The second kappa shape index (κ2) is 11.6. The highest BCUT2D eigenvalue weighted by atomic mass is 16.3. The molecule has 0 bridgehead atoms. The molecule has 4 N–H and O–H groups in total. The van der Waals surface area contributed by atoms with Gasteiger partial charge >= 0.3 is 0 Å². The summed E-state index contributed by atoms with van der Waals surface area (Å²) in [5, 5.41) is 11.2. The highest BCUT2D eigenvalue weighted by molar-refractivity contribution is 4.42. The molecule has 0 aliphatic rings. The van der Waals surface area contributed by atoms with Crippen molar-refractivity contribution in [1.29, 1.82) is 0 Å². The topological polar surface area (TPSA) is 63.8 Å². The van der Waals surface area contributed by atoms with Gasteiger partial charge in [-0.05, 0) is 13.0 Å². The Bertz CT molecular complexity index is 44.9. The van der Waals surface area contributed by atoms with Crippen molar-refractivity contribution in [3.63, 3.8) is 0 Å². The molecular formula is C7H19NO2. The molecule has 0 saturated heterocycles. The van der Waals surface area contributed by atoms with Crippen molar-refractivity contribution in [2.75, 3.05) is 13.3 Å². The van der Waals surface area contributed by atoms with Gasteiger partial charge in [-0.2, -0.15) is 0 Å². The van der Waals surface area contributed by atoms with E-state index in [0.717, 1.165) is 6.54 Å². The maximum Gasteiger partial charge on any atom is 0.0931 e. The Hall–Kier alpha value is -0.120. The van der Waals surface area contributed by atoms with Crippen molar-refractivity contribution in [2.24, 2.45) is 0 Å². The van der Waals surface area contributed by atoms with Gasteiger partial charge in [-0.3, -0.25) is 5.32 Å². The normalized spacial score (nSPS) is 9.00. The Morgan fingerprint density at radius 1 is 1.20 bits per heavy atom. The fraction of sp³-hybridized carbons (Fsp3) is 1.00. The van der Waals surface area contributed by atoms with Gasteiger partial charge in [-0.25, -0.2) is 0 Å². The van der Waals surface area contributed by atoms with Gasteiger partial charge in [0.15, 0.2) is 0 Å². The van der Waals surface area contributed by atoms with Crippen LogP contribution in [-0.4, -0.2) is 23.9 Å². The molecule has 0 aromatic heterocycles. The van der Waals surface area contributed by atoms with E-state index in [0.29, 0.717) is 0 Å². The summed E-state index contributed by atoms with van der Waals surface area (Å²) in [5.41, 5.74) is 0. The summed E-state index contributed by atoms with van der Waals surface area (Å²) >= 11 is 0. The molecule has 64 valence electrons. The number of hydrogen-bond donors (Lipinski definition) is 2. The zero-order valence-corrected chi connectivity index (χ0v) is 6.69. The van der Waals surface area contributed by atoms with Crippen LogP contribution in [0.25, 0.3) is 0 Å². The van der Waals surface area contributed by atoms with Crippen LogP contribution >= 0.6 is 0 Å². The highest BCUT2D eigenvalue weighted by Gasteiger charge is 1.84. The molecule has 0 aromatic carbocycles. The van der Waals surface area contributed by atoms with Gasteiger partial charge in [0.25, 0.3) is 0 Å². The Kier molecular flexibility index (Phi) is 14.6. The summed E-state index contributed by atoms with van der Waals surface area (Å²) < 4.78 is 0. The van der Waals surface area contributed by atoms with Crippen molar-refractivity contribution >= 4 is 0 Å². The summed E-state index contributed by atoms with van der Waals surface area (Å²) in [6.45, 7) is 3.27. The van der Waals surface area contributed by atoms with Crippen LogP contribution < -0.4 is 5.32 Å². The van der Waals surface area contributed by atoms with Crippen LogP contribution in [0.3, 0.4) is 0 Å². The number of unbranched alkanes of at least 4 members (excludes halogenated alkanes) is 3. The van der Waals surface area contributed by atoms with Gasteiger partial charge in [-0.1, -0.05) is 26.2 Å². The van der Waals surface area contributed by atoms with E-state index in [9.17, 15) is 0 Å². The molecule has 0 amide bonds. The molecule has 0 fully saturated rings. The molecule has 0 spiro atoms. The average Bonchev–Trinajstić information content (AvgIpc) is 1.89. The molecule has 0 rings (SSSR count). The Morgan fingerprint density at radius 3 is 2.40 bits per heavy atom. The predicted octanol–water partition coefficient (Wildman–Crippen LogP) is 0.281. The first-order valence-electron chi connectivity index (χ1n) is 3.73. The smallest absolute Gasteiger partial charge is 0.0931 e. The molecule has 0 saturated carbocycles. The van der Waals surface area contributed by atoms with Crippen LogP contribution in [-0.2, 0) is 0 Å². The van der Waals surface area contributed by atoms with Crippen molar-refractivity contribution < 1.29 is 10.6 Å². The standard InChI is InChI=1S/C7H17NO.H2O/c1-2-3-4-5-6-8-7-9;/h8-9H,2-7H2,1H3;1H2. The highest BCUT2D eigenvalue weighted by Crippen LogP contribution is 1.96. The largest absolute Gasteiger partial charge is 0.412 e. The summed E-state index contributed by atoms with van der Waals surface area (Å²) in [7, 11) is 0. The first-order chi connectivity index (χ1) is 4.41. The lowest BCUT2D eigenvalue weighted by molar-refractivity contribution is 0.260. The number of rotatable bonds is 6. The van der Waals surface area contributed by atoms with E-state index >= 15 is 0 Å². The Morgan fingerprint density at radius 2 is 1.90 bits per heavy atom. The van der Waals surface area contributed by atoms with Crippen LogP contribution in [0.1, 0.15) is 32.6 Å². The van der Waals surface area contributed by atoms with E-state index < -0.39 is 0 Å². The average molecular weight is 149 g/mol. The third-order valence-corrected chi connectivity index (χ3v) is 1.32. The van der Waals surface area contributed by atoms with Gasteiger partial charge in [0.2, 0.25) is 0 Å². The van der Waals surface area contributed by atoms with Crippen LogP contribution in [0, 0.1) is 0 Å². The maximum absolute atomic E-state index is 8.31. The summed E-state index contributed by atoms with van der Waals surface area (Å²) in [6.07, 6.45) is 5.06. The van der Waals surface area contributed by atoms with E-state index in [-0.39, 0.29) is 12.2 Å². The summed E-state index contributed by atoms with van der Waals surface area (Å²) in [5.74, 6) is 0. The van der Waals surface area contributed by atoms with E-state index in [1.807, 2.05) is 0 Å². The maximum atomic E-state index is 8.31. The number of hydrogen-bond acceptors (Lipinski definition) is 2. The first-order valence-corrected chi connectivity index (χ1v) is 3.73. The van der Waals surface area contributed by atoms with Gasteiger partial charge in [0.05, 0.1) is 6.73 Å². The Balaban J connectivity index is 0. The van der Waals surface area contributed by atoms with Gasteiger partial charge in [0, 0.05) is 0 Å². The van der Waals surface area contributed by atoms with Gasteiger partial charge in [0.1, 0.15) is 0 Å². The van der Waals surface area contributed by atoms with Gasteiger partial charge in [-0.15, -0.1) is 0 Å². The van der Waals surface area contributed by atoms with Crippen molar-refractivity contribution in [3.8, 4) is 0 Å². The summed E-state index contributed by atoms with van der Waals surface area (Å²) in [4.78, 5) is 0. The van der Waals surface area contributed by atoms with Crippen LogP contribution in [0.4, 0.5) is 0 Å². The van der Waals surface area contributed by atoms with Crippen molar-refractivity contribution in [3.05, 3.63) is 0 Å². The van der Waals surface area contributed by atoms with E-state index in [4.69, 9.17) is 5.11 Å². The third kappa shape index (κ3) is 10.8. The molecule has 0 aliphatic carbocycles. The SMILES string of the molecule is CCCCCCNCO.O. The van der Waals surface area contributed by atoms with Crippen molar-refractivity contribution in [2.45, 2.75) is 32.6 Å². The molecule has 10 heavy (non-hydrogen) atoms. The fourth-order valence-electron chi connectivity index (χ4n) is 0.756. The lowest BCUT2D eigenvalue weighted by Gasteiger charge is -1.98. The van der Waals surface area contributed by atoms with Crippen molar-refractivity contribution in [1.82, 2.24) is 5.32 Å².